The van der Waals surface area contributed by atoms with Crippen LogP contribution < -0.4 is 0 Å². The lowest BCUT2D eigenvalue weighted by Gasteiger charge is -1.99. The number of phenols is 1. The first-order valence-electron chi connectivity index (χ1n) is 3.38. The van der Waals surface area contributed by atoms with E-state index in [0.29, 0.717) is 0 Å². The van der Waals surface area contributed by atoms with E-state index in [1.54, 1.807) is 0 Å². The molecule has 0 atom stereocenters. The van der Waals surface area contributed by atoms with Gasteiger partial charge >= 0.3 is 0 Å². The van der Waals surface area contributed by atoms with Gasteiger partial charge in [0.25, 0.3) is 0 Å². The Balaban J connectivity index is 3.20. The van der Waals surface area contributed by atoms with Crippen LogP contribution in [0.25, 0.3) is 0 Å². The molecule has 4 heteroatoms. The summed E-state index contributed by atoms with van der Waals surface area (Å²) < 4.78 is 12.7. The Morgan fingerprint density at radius 1 is 1.46 bits per heavy atom. The van der Waals surface area contributed by atoms with E-state index in [-0.39, 0.29) is 22.2 Å². The molecule has 1 N–H and O–H groups in total. The Hall–Kier alpha value is -0.910. The third kappa shape index (κ3) is 2.51. The summed E-state index contributed by atoms with van der Waals surface area (Å²) in [6.45, 7) is 0. The maximum atomic E-state index is 12.7. The van der Waals surface area contributed by atoms with Crippen molar-refractivity contribution in [2.24, 2.45) is 0 Å². The molecule has 1 aromatic rings. The molecule has 0 bridgehead atoms. The van der Waals surface area contributed by atoms with Gasteiger partial charge < -0.3 is 5.11 Å². The summed E-state index contributed by atoms with van der Waals surface area (Å²) >= 11 is 10.8. The van der Waals surface area contributed by atoms with Crippen molar-refractivity contribution in [3.8, 4) is 17.6 Å². The van der Waals surface area contributed by atoms with E-state index >= 15 is 0 Å². The number of hydrogen-bond acceptors (Lipinski definition) is 1. The monoisotopic (exact) mass is 218 g/mol. The minimum Gasteiger partial charge on any atom is -0.505 e. The van der Waals surface area contributed by atoms with Crippen molar-refractivity contribution >= 4 is 23.2 Å². The fraction of sp³-hybridized carbons (Fsp3) is 0.111. The van der Waals surface area contributed by atoms with Crippen LogP contribution in [0.4, 0.5) is 4.39 Å². The van der Waals surface area contributed by atoms with Crippen LogP contribution in [0.3, 0.4) is 0 Å². The van der Waals surface area contributed by atoms with Crippen molar-refractivity contribution in [1.82, 2.24) is 0 Å². The summed E-state index contributed by atoms with van der Waals surface area (Å²) in [6, 6.07) is 2.11. The molecule has 0 aliphatic heterocycles. The molecule has 0 radical (unpaired) electrons. The van der Waals surface area contributed by atoms with Crippen LogP contribution in [-0.2, 0) is 0 Å². The van der Waals surface area contributed by atoms with Gasteiger partial charge in [0.1, 0.15) is 11.6 Å². The van der Waals surface area contributed by atoms with Crippen molar-refractivity contribution in [2.45, 2.75) is 0 Å². The number of halogens is 3. The molecule has 0 fully saturated rings. The number of alkyl halides is 1. The van der Waals surface area contributed by atoms with Gasteiger partial charge in [0, 0.05) is 0 Å². The van der Waals surface area contributed by atoms with Gasteiger partial charge in [-0.2, -0.15) is 0 Å². The first-order chi connectivity index (χ1) is 6.15. The first kappa shape index (κ1) is 10.2. The lowest BCUT2D eigenvalue weighted by molar-refractivity contribution is 0.471. The third-order valence-electron chi connectivity index (χ3n) is 1.32. The Bertz CT molecular complexity index is 379. The van der Waals surface area contributed by atoms with E-state index in [0.717, 1.165) is 12.1 Å². The molecule has 0 saturated carbocycles. The number of benzene rings is 1. The molecule has 13 heavy (non-hydrogen) atoms. The molecule has 1 aromatic carbocycles. The van der Waals surface area contributed by atoms with Gasteiger partial charge in [-0.3, -0.25) is 0 Å². The summed E-state index contributed by atoms with van der Waals surface area (Å²) in [5, 5.41) is 9.25. The van der Waals surface area contributed by atoms with E-state index in [9.17, 15) is 9.50 Å². The number of aromatic hydroxyl groups is 1. The Morgan fingerprint density at radius 2 is 2.15 bits per heavy atom. The molecule has 0 aromatic heterocycles. The zero-order chi connectivity index (χ0) is 9.84. The Kier molecular flexibility index (Phi) is 3.41. The average Bonchev–Trinajstić information content (AvgIpc) is 2.09. The molecule has 0 aliphatic rings. The van der Waals surface area contributed by atoms with Crippen molar-refractivity contribution in [2.75, 3.05) is 5.88 Å². The van der Waals surface area contributed by atoms with Crippen LogP contribution in [0.15, 0.2) is 12.1 Å². The normalized spacial score (nSPS) is 9.15. The van der Waals surface area contributed by atoms with Gasteiger partial charge in [0.05, 0.1) is 16.5 Å². The van der Waals surface area contributed by atoms with Gasteiger partial charge in [-0.25, -0.2) is 4.39 Å². The molecule has 0 saturated heterocycles. The lowest BCUT2D eigenvalue weighted by Crippen LogP contribution is -1.82. The van der Waals surface area contributed by atoms with Crippen LogP contribution in [0.5, 0.6) is 5.75 Å². The number of rotatable bonds is 0. The summed E-state index contributed by atoms with van der Waals surface area (Å²) in [5.74, 6) is 4.33. The second-order valence-electron chi connectivity index (χ2n) is 2.22. The van der Waals surface area contributed by atoms with Gasteiger partial charge in [-0.15, -0.1) is 11.6 Å². The summed E-state index contributed by atoms with van der Waals surface area (Å²) in [6.07, 6.45) is 0. The zero-order valence-electron chi connectivity index (χ0n) is 6.44. The van der Waals surface area contributed by atoms with Crippen LogP contribution in [0.2, 0.25) is 5.02 Å². The Morgan fingerprint density at radius 3 is 2.77 bits per heavy atom. The van der Waals surface area contributed by atoms with E-state index in [1.807, 2.05) is 0 Å². The van der Waals surface area contributed by atoms with Gasteiger partial charge in [0.2, 0.25) is 0 Å². The highest BCUT2D eigenvalue weighted by molar-refractivity contribution is 6.32. The molecular weight excluding hydrogens is 214 g/mol. The molecule has 0 spiro atoms. The largest absolute Gasteiger partial charge is 0.505 e. The highest BCUT2D eigenvalue weighted by Crippen LogP contribution is 2.27. The number of phenolic OH excluding ortho intramolecular Hbond substituents is 1. The predicted octanol–water partition coefficient (Wildman–Crippen LogP) is 2.78. The smallest absolute Gasteiger partial charge is 0.149 e. The van der Waals surface area contributed by atoms with E-state index in [4.69, 9.17) is 23.2 Å². The molecule has 0 unspecified atom stereocenters. The highest BCUT2D eigenvalue weighted by atomic mass is 35.5. The third-order valence-corrected chi connectivity index (χ3v) is 1.74. The standard InChI is InChI=1S/C9H5Cl2FO/c10-3-1-2-6-4-7(12)5-8(11)9(6)13/h4-5,13H,3H2. The molecule has 0 aliphatic carbocycles. The Labute approximate surface area is 85.1 Å². The van der Waals surface area contributed by atoms with Crippen molar-refractivity contribution in [1.29, 1.82) is 0 Å². The molecule has 0 amide bonds. The fourth-order valence-electron chi connectivity index (χ4n) is 0.790. The van der Waals surface area contributed by atoms with Crippen LogP contribution >= 0.6 is 23.2 Å². The minimum absolute atomic E-state index is 0.0566. The second kappa shape index (κ2) is 4.36. The van der Waals surface area contributed by atoms with Crippen molar-refractivity contribution < 1.29 is 9.50 Å². The lowest BCUT2D eigenvalue weighted by atomic mass is 10.2. The molecule has 1 nitrogen and oxygen atoms in total. The van der Waals surface area contributed by atoms with E-state index in [1.165, 1.54) is 0 Å². The maximum absolute atomic E-state index is 12.7. The topological polar surface area (TPSA) is 20.2 Å². The highest BCUT2D eigenvalue weighted by Gasteiger charge is 2.05. The molecule has 0 heterocycles. The zero-order valence-corrected chi connectivity index (χ0v) is 7.95. The molecule has 1 rings (SSSR count). The maximum Gasteiger partial charge on any atom is 0.149 e. The molecule has 68 valence electrons. The SMILES string of the molecule is Oc1c(Cl)cc(F)cc1C#CCCl. The number of hydrogen-bond donors (Lipinski definition) is 1. The van der Waals surface area contributed by atoms with Crippen molar-refractivity contribution in [3.05, 3.63) is 28.5 Å². The summed E-state index contributed by atoms with van der Waals surface area (Å²) in [4.78, 5) is 0. The average molecular weight is 219 g/mol. The summed E-state index contributed by atoms with van der Waals surface area (Å²) in [7, 11) is 0. The second-order valence-corrected chi connectivity index (χ2v) is 2.89. The first-order valence-corrected chi connectivity index (χ1v) is 4.29. The minimum atomic E-state index is -0.540. The van der Waals surface area contributed by atoms with E-state index in [2.05, 4.69) is 11.8 Å². The van der Waals surface area contributed by atoms with Crippen molar-refractivity contribution in [3.63, 3.8) is 0 Å². The van der Waals surface area contributed by atoms with Gasteiger partial charge in [-0.05, 0) is 12.1 Å². The quantitative estimate of drug-likeness (QED) is 0.525. The van der Waals surface area contributed by atoms with Gasteiger partial charge in [0.15, 0.2) is 0 Å². The van der Waals surface area contributed by atoms with Crippen LogP contribution in [0.1, 0.15) is 5.56 Å². The molecular formula is C9H5Cl2FO. The van der Waals surface area contributed by atoms with E-state index < -0.39 is 5.82 Å². The van der Waals surface area contributed by atoms with Crippen LogP contribution in [-0.4, -0.2) is 11.0 Å². The van der Waals surface area contributed by atoms with Gasteiger partial charge in [-0.1, -0.05) is 23.4 Å². The fourth-order valence-corrected chi connectivity index (χ4v) is 1.06. The van der Waals surface area contributed by atoms with Crippen LogP contribution in [0, 0.1) is 17.7 Å². The summed E-state index contributed by atoms with van der Waals surface area (Å²) in [5.41, 5.74) is 0.144. The predicted molar refractivity (Wildman–Crippen MR) is 50.7 cm³/mol.